The SMILES string of the molecule is Cc1cc(-c2onc(N)c2-c2ccc(Cl)c(Cl)c2)ccn1. The van der Waals surface area contributed by atoms with Gasteiger partial charge in [0.1, 0.15) is 0 Å². The number of nitrogens with two attached hydrogens (primary N) is 1. The summed E-state index contributed by atoms with van der Waals surface area (Å²) in [4.78, 5) is 4.17. The minimum atomic E-state index is 0.304. The van der Waals surface area contributed by atoms with Crippen LogP contribution in [0.2, 0.25) is 10.0 Å². The van der Waals surface area contributed by atoms with Crippen LogP contribution < -0.4 is 5.73 Å². The van der Waals surface area contributed by atoms with Crippen molar-refractivity contribution in [3.8, 4) is 22.5 Å². The summed E-state index contributed by atoms with van der Waals surface area (Å²) in [6, 6.07) is 9.03. The van der Waals surface area contributed by atoms with Crippen molar-refractivity contribution in [2.75, 3.05) is 5.73 Å². The average Bonchev–Trinajstić information content (AvgIpc) is 2.84. The minimum Gasteiger partial charge on any atom is -0.380 e. The lowest BCUT2D eigenvalue weighted by atomic mass is 10.0. The maximum Gasteiger partial charge on any atom is 0.177 e. The Morgan fingerprint density at radius 2 is 1.86 bits per heavy atom. The fourth-order valence-corrected chi connectivity index (χ4v) is 2.41. The van der Waals surface area contributed by atoms with Crippen LogP contribution in [0.5, 0.6) is 0 Å². The number of nitrogens with zero attached hydrogens (tertiary/aromatic N) is 2. The third-order valence-corrected chi connectivity index (χ3v) is 3.82. The zero-order chi connectivity index (χ0) is 15.0. The van der Waals surface area contributed by atoms with Crippen LogP contribution in [0.15, 0.2) is 41.1 Å². The van der Waals surface area contributed by atoms with Gasteiger partial charge >= 0.3 is 0 Å². The molecule has 0 bridgehead atoms. The van der Waals surface area contributed by atoms with Crippen LogP contribution in [-0.4, -0.2) is 10.1 Å². The molecule has 0 radical (unpaired) electrons. The molecule has 0 saturated heterocycles. The second-order valence-corrected chi connectivity index (χ2v) is 5.40. The van der Waals surface area contributed by atoms with Crippen molar-refractivity contribution in [1.82, 2.24) is 10.1 Å². The van der Waals surface area contributed by atoms with Gasteiger partial charge in [-0.15, -0.1) is 0 Å². The van der Waals surface area contributed by atoms with Crippen molar-refractivity contribution in [1.29, 1.82) is 0 Å². The lowest BCUT2D eigenvalue weighted by Crippen LogP contribution is -1.89. The van der Waals surface area contributed by atoms with E-state index >= 15 is 0 Å². The van der Waals surface area contributed by atoms with E-state index < -0.39 is 0 Å². The number of pyridine rings is 1. The summed E-state index contributed by atoms with van der Waals surface area (Å²) in [6.07, 6.45) is 1.71. The number of hydrogen-bond donors (Lipinski definition) is 1. The van der Waals surface area contributed by atoms with Crippen LogP contribution >= 0.6 is 23.2 Å². The van der Waals surface area contributed by atoms with E-state index in [4.69, 9.17) is 33.5 Å². The molecule has 2 N–H and O–H groups in total. The van der Waals surface area contributed by atoms with Crippen molar-refractivity contribution in [2.45, 2.75) is 6.92 Å². The molecule has 0 atom stereocenters. The molecule has 3 aromatic rings. The molecule has 0 aliphatic heterocycles. The van der Waals surface area contributed by atoms with Crippen LogP contribution in [-0.2, 0) is 0 Å². The molecule has 0 aliphatic rings. The zero-order valence-corrected chi connectivity index (χ0v) is 12.6. The van der Waals surface area contributed by atoms with Crippen LogP contribution in [0.25, 0.3) is 22.5 Å². The third-order valence-electron chi connectivity index (χ3n) is 3.09. The lowest BCUT2D eigenvalue weighted by molar-refractivity contribution is 0.436. The Balaban J connectivity index is 2.19. The van der Waals surface area contributed by atoms with Gasteiger partial charge in [-0.25, -0.2) is 0 Å². The number of nitrogen functional groups attached to an aromatic ring is 1. The molecular weight excluding hydrogens is 309 g/mol. The highest BCUT2D eigenvalue weighted by atomic mass is 35.5. The fraction of sp³-hybridized carbons (Fsp3) is 0.0667. The highest BCUT2D eigenvalue weighted by Crippen LogP contribution is 2.38. The number of anilines is 1. The first-order chi connectivity index (χ1) is 10.1. The Labute approximate surface area is 131 Å². The number of aromatic nitrogens is 2. The first-order valence-corrected chi connectivity index (χ1v) is 6.95. The maximum atomic E-state index is 6.07. The van der Waals surface area contributed by atoms with Crippen molar-refractivity contribution in [3.63, 3.8) is 0 Å². The lowest BCUT2D eigenvalue weighted by Gasteiger charge is -2.05. The summed E-state index contributed by atoms with van der Waals surface area (Å²) in [7, 11) is 0. The molecule has 6 heteroatoms. The topological polar surface area (TPSA) is 64.9 Å². The van der Waals surface area contributed by atoms with E-state index in [0.29, 0.717) is 27.2 Å². The molecule has 0 aliphatic carbocycles. The molecule has 0 unspecified atom stereocenters. The maximum absolute atomic E-state index is 6.07. The number of halogens is 2. The van der Waals surface area contributed by atoms with E-state index in [9.17, 15) is 0 Å². The van der Waals surface area contributed by atoms with E-state index in [2.05, 4.69) is 10.1 Å². The predicted octanol–water partition coefficient (Wildman–Crippen LogP) is 4.60. The highest BCUT2D eigenvalue weighted by molar-refractivity contribution is 6.42. The standard InChI is InChI=1S/C15H11Cl2N3O/c1-8-6-10(4-5-19-8)14-13(15(18)20-21-14)9-2-3-11(16)12(17)7-9/h2-7H,1H3,(H2,18,20). The fourth-order valence-electron chi connectivity index (χ4n) is 2.12. The molecule has 0 amide bonds. The van der Waals surface area contributed by atoms with Gasteiger partial charge in [0, 0.05) is 17.5 Å². The van der Waals surface area contributed by atoms with Gasteiger partial charge in [0.05, 0.1) is 15.6 Å². The molecule has 4 nitrogen and oxygen atoms in total. The number of benzene rings is 1. The molecule has 2 aromatic heterocycles. The summed E-state index contributed by atoms with van der Waals surface area (Å²) < 4.78 is 5.38. The Kier molecular flexibility index (Phi) is 3.57. The van der Waals surface area contributed by atoms with Crippen LogP contribution in [0.3, 0.4) is 0 Å². The van der Waals surface area contributed by atoms with E-state index in [-0.39, 0.29) is 0 Å². The summed E-state index contributed by atoms with van der Waals surface area (Å²) >= 11 is 12.0. The zero-order valence-electron chi connectivity index (χ0n) is 11.1. The van der Waals surface area contributed by atoms with Crippen LogP contribution in [0.4, 0.5) is 5.82 Å². The van der Waals surface area contributed by atoms with Gasteiger partial charge < -0.3 is 10.3 Å². The second-order valence-electron chi connectivity index (χ2n) is 4.59. The molecule has 1 aromatic carbocycles. The largest absolute Gasteiger partial charge is 0.380 e. The number of rotatable bonds is 2. The minimum absolute atomic E-state index is 0.304. The Bertz CT molecular complexity index is 814. The number of hydrogen-bond acceptors (Lipinski definition) is 4. The summed E-state index contributed by atoms with van der Waals surface area (Å²) in [5, 5.41) is 4.79. The Morgan fingerprint density at radius 3 is 2.57 bits per heavy atom. The van der Waals surface area contributed by atoms with Crippen LogP contribution in [0, 0.1) is 6.92 Å². The molecule has 3 rings (SSSR count). The predicted molar refractivity (Wildman–Crippen MR) is 84.3 cm³/mol. The molecule has 2 heterocycles. The van der Waals surface area contributed by atoms with E-state index in [1.54, 1.807) is 18.3 Å². The van der Waals surface area contributed by atoms with Gasteiger partial charge in [0.15, 0.2) is 11.6 Å². The first-order valence-electron chi connectivity index (χ1n) is 6.20. The van der Waals surface area contributed by atoms with E-state index in [0.717, 1.165) is 16.8 Å². The molecule has 0 fully saturated rings. The van der Waals surface area contributed by atoms with Crippen molar-refractivity contribution in [2.24, 2.45) is 0 Å². The normalized spacial score (nSPS) is 10.8. The third kappa shape index (κ3) is 2.60. The number of aryl methyl sites for hydroxylation is 1. The summed E-state index contributed by atoms with van der Waals surface area (Å²) in [5.41, 5.74) is 9.16. The molecular formula is C15H11Cl2N3O. The molecule has 106 valence electrons. The van der Waals surface area contributed by atoms with Gasteiger partial charge in [0.2, 0.25) is 0 Å². The van der Waals surface area contributed by atoms with Crippen molar-refractivity contribution >= 4 is 29.0 Å². The Hall–Kier alpha value is -2.04. The molecule has 21 heavy (non-hydrogen) atoms. The highest BCUT2D eigenvalue weighted by Gasteiger charge is 2.18. The van der Waals surface area contributed by atoms with E-state index in [1.165, 1.54) is 0 Å². The second kappa shape index (κ2) is 5.39. The van der Waals surface area contributed by atoms with Gasteiger partial charge in [-0.3, -0.25) is 4.98 Å². The van der Waals surface area contributed by atoms with Crippen LogP contribution in [0.1, 0.15) is 5.69 Å². The van der Waals surface area contributed by atoms with Gasteiger partial charge in [0.25, 0.3) is 0 Å². The van der Waals surface area contributed by atoms with E-state index in [1.807, 2.05) is 25.1 Å². The first kappa shape index (κ1) is 13.9. The summed E-state index contributed by atoms with van der Waals surface area (Å²) in [6.45, 7) is 1.90. The van der Waals surface area contributed by atoms with Crippen molar-refractivity contribution < 1.29 is 4.52 Å². The van der Waals surface area contributed by atoms with Gasteiger partial charge in [-0.05, 0) is 36.8 Å². The van der Waals surface area contributed by atoms with Crippen molar-refractivity contribution in [3.05, 3.63) is 52.3 Å². The Morgan fingerprint density at radius 1 is 1.05 bits per heavy atom. The van der Waals surface area contributed by atoms with Gasteiger partial charge in [-0.1, -0.05) is 34.4 Å². The monoisotopic (exact) mass is 319 g/mol. The summed E-state index contributed by atoms with van der Waals surface area (Å²) in [5.74, 6) is 0.884. The average molecular weight is 320 g/mol. The molecule has 0 saturated carbocycles. The smallest absolute Gasteiger partial charge is 0.177 e. The quantitative estimate of drug-likeness (QED) is 0.749. The van der Waals surface area contributed by atoms with Gasteiger partial charge in [-0.2, -0.15) is 0 Å². The molecule has 0 spiro atoms.